The summed E-state index contributed by atoms with van der Waals surface area (Å²) in [5.41, 5.74) is 8.81. The van der Waals surface area contributed by atoms with E-state index in [-0.39, 0.29) is 5.69 Å². The van der Waals surface area contributed by atoms with E-state index in [2.05, 4.69) is 4.98 Å². The molecule has 0 radical (unpaired) electrons. The highest BCUT2D eigenvalue weighted by molar-refractivity contribution is 5.86. The van der Waals surface area contributed by atoms with E-state index in [0.29, 0.717) is 17.0 Å². The minimum absolute atomic E-state index is 0.260. The fourth-order valence-corrected chi connectivity index (χ4v) is 1.84. The number of oxazole rings is 1. The molecule has 0 amide bonds. The van der Waals surface area contributed by atoms with E-state index in [4.69, 9.17) is 10.2 Å². The second-order valence-corrected chi connectivity index (χ2v) is 4.23. The quantitative estimate of drug-likeness (QED) is 0.664. The fourth-order valence-electron chi connectivity index (χ4n) is 1.84. The molecule has 3 aromatic rings. The Hall–Kier alpha value is -2.36. The Morgan fingerprint density at radius 1 is 1.17 bits per heavy atom. The summed E-state index contributed by atoms with van der Waals surface area (Å²) >= 11 is 0. The maximum absolute atomic E-state index is 13.2. The van der Waals surface area contributed by atoms with E-state index in [0.717, 1.165) is 11.1 Å². The number of aryl methyl sites for hydroxylation is 1. The predicted octanol–water partition coefficient (Wildman–Crippen LogP) is 3.52. The molecule has 1 heterocycles. The van der Waals surface area contributed by atoms with Gasteiger partial charge >= 0.3 is 0 Å². The third kappa shape index (κ3) is 1.72. The normalized spacial score (nSPS) is 11.0. The zero-order valence-corrected chi connectivity index (χ0v) is 9.77. The van der Waals surface area contributed by atoms with Crippen LogP contribution in [0, 0.1) is 12.7 Å². The standard InChI is InChI=1S/C14H11FN2O/c1-8-2-4-9(5-3-8)14-17-12-7-10(15)6-11(16)13(12)18-14/h2-7H,16H2,1H3. The number of aromatic nitrogens is 1. The summed E-state index contributed by atoms with van der Waals surface area (Å²) in [7, 11) is 0. The topological polar surface area (TPSA) is 52.0 Å². The summed E-state index contributed by atoms with van der Waals surface area (Å²) in [6.07, 6.45) is 0. The molecule has 0 unspecified atom stereocenters. The van der Waals surface area contributed by atoms with Crippen molar-refractivity contribution >= 4 is 16.8 Å². The third-order valence-corrected chi connectivity index (χ3v) is 2.78. The van der Waals surface area contributed by atoms with Crippen molar-refractivity contribution in [1.82, 2.24) is 4.98 Å². The molecule has 0 aliphatic rings. The smallest absolute Gasteiger partial charge is 0.227 e. The van der Waals surface area contributed by atoms with Crippen LogP contribution in [0.3, 0.4) is 0 Å². The van der Waals surface area contributed by atoms with Gasteiger partial charge in [0.15, 0.2) is 5.58 Å². The van der Waals surface area contributed by atoms with Crippen LogP contribution >= 0.6 is 0 Å². The summed E-state index contributed by atoms with van der Waals surface area (Å²) in [6, 6.07) is 10.3. The molecule has 2 N–H and O–H groups in total. The number of nitrogens with zero attached hydrogens (tertiary/aromatic N) is 1. The van der Waals surface area contributed by atoms with Gasteiger partial charge in [-0.3, -0.25) is 0 Å². The van der Waals surface area contributed by atoms with Crippen molar-refractivity contribution in [2.75, 3.05) is 5.73 Å². The average molecular weight is 242 g/mol. The summed E-state index contributed by atoms with van der Waals surface area (Å²) in [5, 5.41) is 0. The highest BCUT2D eigenvalue weighted by Crippen LogP contribution is 2.28. The first-order chi connectivity index (χ1) is 8.63. The molecule has 0 aliphatic heterocycles. The monoisotopic (exact) mass is 242 g/mol. The first kappa shape index (κ1) is 10.8. The lowest BCUT2D eigenvalue weighted by atomic mass is 10.1. The predicted molar refractivity (Wildman–Crippen MR) is 68.6 cm³/mol. The largest absolute Gasteiger partial charge is 0.434 e. The molecule has 0 saturated carbocycles. The van der Waals surface area contributed by atoms with E-state index in [9.17, 15) is 4.39 Å². The van der Waals surface area contributed by atoms with Crippen LogP contribution in [-0.4, -0.2) is 4.98 Å². The molecule has 0 bridgehead atoms. The molecule has 3 nitrogen and oxygen atoms in total. The van der Waals surface area contributed by atoms with E-state index in [1.54, 1.807) is 0 Å². The molecule has 3 rings (SSSR count). The number of benzene rings is 2. The second-order valence-electron chi connectivity index (χ2n) is 4.23. The van der Waals surface area contributed by atoms with Crippen LogP contribution < -0.4 is 5.73 Å². The maximum atomic E-state index is 13.2. The number of anilines is 1. The van der Waals surface area contributed by atoms with Crippen molar-refractivity contribution in [1.29, 1.82) is 0 Å². The number of nitrogens with two attached hydrogens (primary N) is 1. The highest BCUT2D eigenvalue weighted by atomic mass is 19.1. The molecule has 1 aromatic heterocycles. The maximum Gasteiger partial charge on any atom is 0.227 e. The molecule has 18 heavy (non-hydrogen) atoms. The molecule has 0 spiro atoms. The number of hydrogen-bond donors (Lipinski definition) is 1. The molecule has 2 aromatic carbocycles. The van der Waals surface area contributed by atoms with Gasteiger partial charge in [-0.15, -0.1) is 0 Å². The van der Waals surface area contributed by atoms with Crippen LogP contribution in [-0.2, 0) is 0 Å². The molecule has 90 valence electrons. The van der Waals surface area contributed by atoms with Gasteiger partial charge in [-0.2, -0.15) is 0 Å². The van der Waals surface area contributed by atoms with E-state index < -0.39 is 5.82 Å². The van der Waals surface area contributed by atoms with Crippen LogP contribution in [0.4, 0.5) is 10.1 Å². The number of hydrogen-bond acceptors (Lipinski definition) is 3. The Morgan fingerprint density at radius 3 is 2.61 bits per heavy atom. The molecular formula is C14H11FN2O. The van der Waals surface area contributed by atoms with Crippen molar-refractivity contribution in [3.63, 3.8) is 0 Å². The molecule has 4 heteroatoms. The van der Waals surface area contributed by atoms with Crippen LogP contribution in [0.1, 0.15) is 5.56 Å². The lowest BCUT2D eigenvalue weighted by molar-refractivity contribution is 0.615. The second kappa shape index (κ2) is 3.84. The molecule has 0 fully saturated rings. The van der Waals surface area contributed by atoms with Crippen LogP contribution in [0.15, 0.2) is 40.8 Å². The Kier molecular flexibility index (Phi) is 2.30. The van der Waals surface area contributed by atoms with Crippen molar-refractivity contribution in [3.05, 3.63) is 47.8 Å². The Labute approximate surface area is 103 Å². The van der Waals surface area contributed by atoms with Crippen molar-refractivity contribution in [2.24, 2.45) is 0 Å². The molecular weight excluding hydrogens is 231 g/mol. The highest BCUT2D eigenvalue weighted by Gasteiger charge is 2.11. The summed E-state index contributed by atoms with van der Waals surface area (Å²) in [5.74, 6) is 0.0334. The zero-order valence-electron chi connectivity index (χ0n) is 9.77. The minimum Gasteiger partial charge on any atom is -0.434 e. The lowest BCUT2D eigenvalue weighted by Gasteiger charge is -1.95. The van der Waals surface area contributed by atoms with Crippen LogP contribution in [0.5, 0.6) is 0 Å². The Bertz CT molecular complexity index is 716. The van der Waals surface area contributed by atoms with Gasteiger partial charge in [0.2, 0.25) is 5.89 Å². The minimum atomic E-state index is -0.413. The van der Waals surface area contributed by atoms with E-state index >= 15 is 0 Å². The number of nitrogen functional groups attached to an aromatic ring is 1. The van der Waals surface area contributed by atoms with Gasteiger partial charge in [-0.25, -0.2) is 9.37 Å². The first-order valence-electron chi connectivity index (χ1n) is 5.56. The fraction of sp³-hybridized carbons (Fsp3) is 0.0714. The SMILES string of the molecule is Cc1ccc(-c2nc3cc(F)cc(N)c3o2)cc1. The van der Waals surface area contributed by atoms with Crippen molar-refractivity contribution in [2.45, 2.75) is 6.92 Å². The summed E-state index contributed by atoms with van der Waals surface area (Å²) < 4.78 is 18.8. The molecule has 0 aliphatic carbocycles. The number of rotatable bonds is 1. The molecule has 0 saturated heterocycles. The van der Waals surface area contributed by atoms with Gasteiger partial charge in [-0.1, -0.05) is 17.7 Å². The zero-order chi connectivity index (χ0) is 12.7. The van der Waals surface area contributed by atoms with Gasteiger partial charge in [0, 0.05) is 17.7 Å². The van der Waals surface area contributed by atoms with E-state index in [1.807, 2.05) is 31.2 Å². The Balaban J connectivity index is 2.19. The number of fused-ring (bicyclic) bond motifs is 1. The van der Waals surface area contributed by atoms with E-state index in [1.165, 1.54) is 12.1 Å². The lowest BCUT2D eigenvalue weighted by Crippen LogP contribution is -1.86. The van der Waals surface area contributed by atoms with Crippen molar-refractivity contribution < 1.29 is 8.81 Å². The first-order valence-corrected chi connectivity index (χ1v) is 5.56. The van der Waals surface area contributed by atoms with Crippen LogP contribution in [0.25, 0.3) is 22.6 Å². The van der Waals surface area contributed by atoms with Gasteiger partial charge in [0.1, 0.15) is 11.3 Å². The van der Waals surface area contributed by atoms with Gasteiger partial charge in [0.25, 0.3) is 0 Å². The van der Waals surface area contributed by atoms with Crippen LogP contribution in [0.2, 0.25) is 0 Å². The van der Waals surface area contributed by atoms with Gasteiger partial charge < -0.3 is 10.2 Å². The summed E-state index contributed by atoms with van der Waals surface area (Å²) in [6.45, 7) is 2.00. The van der Waals surface area contributed by atoms with Crippen molar-refractivity contribution in [3.8, 4) is 11.5 Å². The Morgan fingerprint density at radius 2 is 1.89 bits per heavy atom. The molecule has 0 atom stereocenters. The third-order valence-electron chi connectivity index (χ3n) is 2.78. The van der Waals surface area contributed by atoms with Gasteiger partial charge in [-0.05, 0) is 19.1 Å². The average Bonchev–Trinajstić information content (AvgIpc) is 2.74. The number of halogens is 1. The van der Waals surface area contributed by atoms with Gasteiger partial charge in [0.05, 0.1) is 5.69 Å². The summed E-state index contributed by atoms with van der Waals surface area (Å²) in [4.78, 5) is 4.25.